The Morgan fingerprint density at radius 2 is 2.18 bits per heavy atom. The summed E-state index contributed by atoms with van der Waals surface area (Å²) < 4.78 is 5.84. The molecule has 2 atom stereocenters. The Bertz CT molecular complexity index is 469. The molecule has 3 rings (SSSR count). The summed E-state index contributed by atoms with van der Waals surface area (Å²) in [6.07, 6.45) is 3.84. The van der Waals surface area contributed by atoms with Crippen LogP contribution in [-0.2, 0) is 0 Å². The summed E-state index contributed by atoms with van der Waals surface area (Å²) in [5.41, 5.74) is 7.26. The van der Waals surface area contributed by atoms with Gasteiger partial charge in [-0.05, 0) is 30.7 Å². The van der Waals surface area contributed by atoms with Crippen molar-refractivity contribution in [3.63, 3.8) is 0 Å². The van der Waals surface area contributed by atoms with E-state index in [4.69, 9.17) is 10.2 Å². The van der Waals surface area contributed by atoms with Crippen LogP contribution in [0.15, 0.2) is 34.7 Å². The number of hydrogen-bond acceptors (Lipinski definition) is 3. The van der Waals surface area contributed by atoms with Crippen molar-refractivity contribution < 1.29 is 4.42 Å². The molecule has 1 aliphatic heterocycles. The molecule has 1 aromatic carbocycles. The van der Waals surface area contributed by atoms with Crippen molar-refractivity contribution in [1.29, 1.82) is 0 Å². The summed E-state index contributed by atoms with van der Waals surface area (Å²) in [7, 11) is 0. The minimum atomic E-state index is 0.0349. The Hall–Kier alpha value is -0.930. The second kappa shape index (κ2) is 4.75. The maximum Gasteiger partial charge on any atom is 0.134 e. The first-order chi connectivity index (χ1) is 8.34. The topological polar surface area (TPSA) is 39.2 Å². The first-order valence-corrected chi connectivity index (χ1v) is 7.25. The Labute approximate surface area is 106 Å². The predicted octanol–water partition coefficient (Wildman–Crippen LogP) is 3.72. The fourth-order valence-corrected chi connectivity index (χ4v) is 3.75. The molecule has 0 aliphatic carbocycles. The van der Waals surface area contributed by atoms with Gasteiger partial charge in [-0.1, -0.05) is 24.6 Å². The normalized spacial score (nSPS) is 22.8. The van der Waals surface area contributed by atoms with Gasteiger partial charge in [0.1, 0.15) is 11.3 Å². The zero-order valence-corrected chi connectivity index (χ0v) is 10.6. The quantitative estimate of drug-likeness (QED) is 0.879. The molecular formula is C14H17NOS. The number of furan rings is 1. The number of thioether (sulfide) groups is 1. The zero-order valence-electron chi connectivity index (χ0n) is 9.76. The molecule has 1 saturated heterocycles. The number of fused-ring (bicyclic) bond motifs is 1. The third-order valence-electron chi connectivity index (χ3n) is 3.39. The summed E-state index contributed by atoms with van der Waals surface area (Å²) in [5.74, 6) is 2.17. The minimum absolute atomic E-state index is 0.0349. The van der Waals surface area contributed by atoms with E-state index in [0.717, 1.165) is 16.7 Å². The molecule has 90 valence electrons. The van der Waals surface area contributed by atoms with E-state index in [1.54, 1.807) is 0 Å². The minimum Gasteiger partial charge on any atom is -0.459 e. The van der Waals surface area contributed by atoms with Crippen LogP contribution in [0.2, 0.25) is 0 Å². The van der Waals surface area contributed by atoms with E-state index < -0.39 is 0 Å². The van der Waals surface area contributed by atoms with Crippen molar-refractivity contribution in [3.05, 3.63) is 36.1 Å². The highest BCUT2D eigenvalue weighted by Gasteiger charge is 2.24. The molecule has 2 aromatic rings. The fourth-order valence-electron chi connectivity index (χ4n) is 2.40. The lowest BCUT2D eigenvalue weighted by Crippen LogP contribution is -2.25. The van der Waals surface area contributed by atoms with Crippen LogP contribution in [0, 0.1) is 0 Å². The predicted molar refractivity (Wildman–Crippen MR) is 73.2 cm³/mol. The van der Waals surface area contributed by atoms with Gasteiger partial charge in [-0.15, -0.1) is 0 Å². The highest BCUT2D eigenvalue weighted by molar-refractivity contribution is 8.00. The summed E-state index contributed by atoms with van der Waals surface area (Å²) >= 11 is 1.99. The van der Waals surface area contributed by atoms with Gasteiger partial charge in [0.2, 0.25) is 0 Å². The van der Waals surface area contributed by atoms with Crippen LogP contribution < -0.4 is 5.73 Å². The molecule has 1 aliphatic rings. The van der Waals surface area contributed by atoms with E-state index in [1.807, 2.05) is 30.0 Å². The third kappa shape index (κ3) is 2.22. The third-order valence-corrected chi connectivity index (χ3v) is 4.87. The van der Waals surface area contributed by atoms with Gasteiger partial charge < -0.3 is 10.2 Å². The molecule has 17 heavy (non-hydrogen) atoms. The molecule has 1 aromatic heterocycles. The van der Waals surface area contributed by atoms with Gasteiger partial charge in [0, 0.05) is 10.6 Å². The lowest BCUT2D eigenvalue weighted by molar-refractivity contribution is 0.467. The van der Waals surface area contributed by atoms with E-state index in [9.17, 15) is 0 Å². The molecule has 2 unspecified atom stereocenters. The molecule has 0 radical (unpaired) electrons. The van der Waals surface area contributed by atoms with Gasteiger partial charge in [-0.2, -0.15) is 11.8 Å². The van der Waals surface area contributed by atoms with Crippen LogP contribution in [0.25, 0.3) is 11.0 Å². The van der Waals surface area contributed by atoms with E-state index in [-0.39, 0.29) is 6.04 Å². The lowest BCUT2D eigenvalue weighted by atomic mass is 10.1. The number of para-hydroxylation sites is 1. The average molecular weight is 247 g/mol. The van der Waals surface area contributed by atoms with E-state index in [0.29, 0.717) is 5.25 Å². The van der Waals surface area contributed by atoms with Crippen molar-refractivity contribution in [1.82, 2.24) is 0 Å². The van der Waals surface area contributed by atoms with Crippen molar-refractivity contribution in [3.8, 4) is 0 Å². The van der Waals surface area contributed by atoms with Gasteiger partial charge in [-0.25, -0.2) is 0 Å². The molecule has 1 fully saturated rings. The number of hydrogen-bond donors (Lipinski definition) is 1. The summed E-state index contributed by atoms with van der Waals surface area (Å²) in [6.45, 7) is 0. The monoisotopic (exact) mass is 247 g/mol. The molecule has 3 heteroatoms. The van der Waals surface area contributed by atoms with Gasteiger partial charge in [0.25, 0.3) is 0 Å². The largest absolute Gasteiger partial charge is 0.459 e. The molecule has 0 bridgehead atoms. The Balaban J connectivity index is 1.86. The Kier molecular flexibility index (Phi) is 3.12. The van der Waals surface area contributed by atoms with Crippen LogP contribution in [0.5, 0.6) is 0 Å². The average Bonchev–Trinajstić information content (AvgIpc) is 2.82. The zero-order chi connectivity index (χ0) is 11.7. The first-order valence-electron chi connectivity index (χ1n) is 6.20. The molecule has 2 nitrogen and oxygen atoms in total. The van der Waals surface area contributed by atoms with Gasteiger partial charge in [0.05, 0.1) is 6.04 Å². The Morgan fingerprint density at radius 1 is 1.29 bits per heavy atom. The number of rotatable bonds is 2. The summed E-state index contributed by atoms with van der Waals surface area (Å²) in [5, 5.41) is 1.67. The van der Waals surface area contributed by atoms with Crippen LogP contribution in [-0.4, -0.2) is 11.0 Å². The molecule has 0 amide bonds. The molecule has 0 saturated carbocycles. The van der Waals surface area contributed by atoms with E-state index >= 15 is 0 Å². The van der Waals surface area contributed by atoms with Gasteiger partial charge in [-0.3, -0.25) is 0 Å². The SMILES string of the molecule is NC(c1cc2ccccc2o1)C1CCCCS1. The van der Waals surface area contributed by atoms with Crippen LogP contribution >= 0.6 is 11.8 Å². The molecule has 0 spiro atoms. The van der Waals surface area contributed by atoms with Gasteiger partial charge >= 0.3 is 0 Å². The maximum atomic E-state index is 6.32. The first kappa shape index (κ1) is 11.2. The standard InChI is InChI=1S/C14H17NOS/c15-14(13-7-3-4-8-17-13)12-9-10-5-1-2-6-11(10)16-12/h1-2,5-6,9,13-14H,3-4,7-8,15H2. The fraction of sp³-hybridized carbons (Fsp3) is 0.429. The molecule has 2 heterocycles. The molecule has 2 N–H and O–H groups in total. The van der Waals surface area contributed by atoms with Crippen molar-refractivity contribution in [2.75, 3.05) is 5.75 Å². The second-order valence-corrected chi connectivity index (χ2v) is 5.96. The summed E-state index contributed by atoms with van der Waals surface area (Å²) in [6, 6.07) is 10.2. The highest BCUT2D eigenvalue weighted by Crippen LogP contribution is 2.35. The van der Waals surface area contributed by atoms with Crippen molar-refractivity contribution in [2.24, 2.45) is 5.73 Å². The molecular weight excluding hydrogens is 230 g/mol. The number of benzene rings is 1. The van der Waals surface area contributed by atoms with Crippen LogP contribution in [0.3, 0.4) is 0 Å². The number of nitrogens with two attached hydrogens (primary N) is 1. The maximum absolute atomic E-state index is 6.32. The summed E-state index contributed by atoms with van der Waals surface area (Å²) in [4.78, 5) is 0. The smallest absolute Gasteiger partial charge is 0.134 e. The van der Waals surface area contributed by atoms with Crippen LogP contribution in [0.1, 0.15) is 31.1 Å². The second-order valence-electron chi connectivity index (χ2n) is 4.62. The van der Waals surface area contributed by atoms with Crippen LogP contribution in [0.4, 0.5) is 0 Å². The highest BCUT2D eigenvalue weighted by atomic mass is 32.2. The van der Waals surface area contributed by atoms with E-state index in [2.05, 4.69) is 12.1 Å². The van der Waals surface area contributed by atoms with Crippen molar-refractivity contribution in [2.45, 2.75) is 30.6 Å². The van der Waals surface area contributed by atoms with Crippen molar-refractivity contribution >= 4 is 22.7 Å². The lowest BCUT2D eigenvalue weighted by Gasteiger charge is -2.25. The Morgan fingerprint density at radius 3 is 2.94 bits per heavy atom. The van der Waals surface area contributed by atoms with Gasteiger partial charge in [0.15, 0.2) is 0 Å². The van der Waals surface area contributed by atoms with E-state index in [1.165, 1.54) is 25.0 Å².